The fourth-order valence-electron chi connectivity index (χ4n) is 1.87. The largest absolute Gasteiger partial charge is 0.310 e. The molecule has 2 rings (SSSR count). The lowest BCUT2D eigenvalue weighted by molar-refractivity contribution is -0.117. The summed E-state index contributed by atoms with van der Waals surface area (Å²) in [5.74, 6) is 0.660. The Hall–Kier alpha value is -1.42. The molecule has 0 radical (unpaired) electrons. The lowest BCUT2D eigenvalue weighted by Crippen LogP contribution is -2.31. The molecule has 1 saturated heterocycles. The molecule has 1 aliphatic heterocycles. The molecule has 0 saturated carbocycles. The summed E-state index contributed by atoms with van der Waals surface area (Å²) in [6, 6.07) is 3.77. The molecule has 0 bridgehead atoms. The number of rotatable bonds is 3. The van der Waals surface area contributed by atoms with Gasteiger partial charge in [0, 0.05) is 6.20 Å². The van der Waals surface area contributed by atoms with Crippen molar-refractivity contribution < 1.29 is 4.79 Å². The van der Waals surface area contributed by atoms with Gasteiger partial charge >= 0.3 is 0 Å². The summed E-state index contributed by atoms with van der Waals surface area (Å²) in [5.41, 5.74) is 1.09. The number of anilines is 1. The molecule has 0 atom stereocenters. The Morgan fingerprint density at radius 1 is 1.44 bits per heavy atom. The number of carbonyl (C=O) groups is 1. The van der Waals surface area contributed by atoms with Crippen LogP contribution in [0.25, 0.3) is 0 Å². The minimum atomic E-state index is 0.0262. The van der Waals surface area contributed by atoms with Gasteiger partial charge in [-0.2, -0.15) is 0 Å². The molecule has 2 heterocycles. The van der Waals surface area contributed by atoms with E-state index in [1.165, 1.54) is 12.8 Å². The van der Waals surface area contributed by atoms with E-state index < -0.39 is 0 Å². The molecule has 86 valence electrons. The van der Waals surface area contributed by atoms with Crippen molar-refractivity contribution in [3.63, 3.8) is 0 Å². The molecule has 4 heteroatoms. The van der Waals surface area contributed by atoms with E-state index in [0.29, 0.717) is 12.4 Å². The third-order valence-electron chi connectivity index (χ3n) is 2.74. The van der Waals surface area contributed by atoms with Gasteiger partial charge in [0.05, 0.1) is 6.54 Å². The maximum absolute atomic E-state index is 11.7. The minimum Gasteiger partial charge on any atom is -0.310 e. The lowest BCUT2D eigenvalue weighted by Gasteiger charge is -2.13. The first-order chi connectivity index (χ1) is 7.74. The summed E-state index contributed by atoms with van der Waals surface area (Å²) in [6.07, 6.45) is 4.16. The number of carbonyl (C=O) groups excluding carboxylic acids is 1. The highest BCUT2D eigenvalue weighted by Crippen LogP contribution is 2.08. The van der Waals surface area contributed by atoms with Crippen LogP contribution in [0.3, 0.4) is 0 Å². The van der Waals surface area contributed by atoms with Crippen molar-refractivity contribution in [2.75, 3.05) is 25.0 Å². The van der Waals surface area contributed by atoms with Gasteiger partial charge in [0.2, 0.25) is 5.91 Å². The monoisotopic (exact) mass is 219 g/mol. The summed E-state index contributed by atoms with van der Waals surface area (Å²) < 4.78 is 0. The Balaban J connectivity index is 1.84. The third-order valence-corrected chi connectivity index (χ3v) is 2.74. The molecular formula is C12H17N3O. The van der Waals surface area contributed by atoms with Crippen molar-refractivity contribution >= 4 is 11.7 Å². The van der Waals surface area contributed by atoms with Gasteiger partial charge < -0.3 is 5.32 Å². The first kappa shape index (κ1) is 11.1. The fraction of sp³-hybridized carbons (Fsp3) is 0.500. The molecule has 0 aromatic carbocycles. The number of hydrogen-bond donors (Lipinski definition) is 1. The highest BCUT2D eigenvalue weighted by atomic mass is 16.2. The van der Waals surface area contributed by atoms with E-state index in [9.17, 15) is 4.79 Å². The summed E-state index contributed by atoms with van der Waals surface area (Å²) in [7, 11) is 0. The van der Waals surface area contributed by atoms with Gasteiger partial charge in [0.15, 0.2) is 0 Å². The van der Waals surface area contributed by atoms with E-state index in [1.807, 2.05) is 19.1 Å². The topological polar surface area (TPSA) is 45.2 Å². The number of pyridine rings is 1. The standard InChI is InChI=1S/C12H17N3O/c1-10-4-5-11(13-8-10)14-12(16)9-15-6-2-3-7-15/h4-5,8H,2-3,6-7,9H2,1H3,(H,13,14,16). The predicted molar refractivity (Wildman–Crippen MR) is 63.3 cm³/mol. The molecular weight excluding hydrogens is 202 g/mol. The van der Waals surface area contributed by atoms with Gasteiger partial charge in [-0.3, -0.25) is 9.69 Å². The lowest BCUT2D eigenvalue weighted by atomic mass is 10.3. The molecule has 1 amide bonds. The second kappa shape index (κ2) is 5.07. The highest BCUT2D eigenvalue weighted by molar-refractivity contribution is 5.91. The molecule has 16 heavy (non-hydrogen) atoms. The Bertz CT molecular complexity index is 355. The number of aromatic nitrogens is 1. The SMILES string of the molecule is Cc1ccc(NC(=O)CN2CCCC2)nc1. The second-order valence-corrected chi connectivity index (χ2v) is 4.25. The zero-order chi connectivity index (χ0) is 11.4. The van der Waals surface area contributed by atoms with Crippen molar-refractivity contribution in [3.05, 3.63) is 23.9 Å². The number of hydrogen-bond acceptors (Lipinski definition) is 3. The van der Waals surface area contributed by atoms with Gasteiger partial charge in [-0.15, -0.1) is 0 Å². The number of amides is 1. The molecule has 1 aromatic heterocycles. The first-order valence-corrected chi connectivity index (χ1v) is 5.69. The van der Waals surface area contributed by atoms with Crippen LogP contribution < -0.4 is 5.32 Å². The van der Waals surface area contributed by atoms with Crippen LogP contribution in [0.5, 0.6) is 0 Å². The summed E-state index contributed by atoms with van der Waals surface area (Å²) >= 11 is 0. The van der Waals surface area contributed by atoms with Crippen LogP contribution in [0, 0.1) is 6.92 Å². The first-order valence-electron chi connectivity index (χ1n) is 5.69. The predicted octanol–water partition coefficient (Wildman–Crippen LogP) is 1.42. The van der Waals surface area contributed by atoms with Gasteiger partial charge in [-0.25, -0.2) is 4.98 Å². The zero-order valence-corrected chi connectivity index (χ0v) is 9.57. The van der Waals surface area contributed by atoms with Crippen LogP contribution in [-0.4, -0.2) is 35.4 Å². The summed E-state index contributed by atoms with van der Waals surface area (Å²) in [6.45, 7) is 4.53. The number of likely N-dealkylation sites (tertiary alicyclic amines) is 1. The second-order valence-electron chi connectivity index (χ2n) is 4.25. The Morgan fingerprint density at radius 3 is 2.81 bits per heavy atom. The smallest absolute Gasteiger partial charge is 0.239 e. The van der Waals surface area contributed by atoms with Crippen molar-refractivity contribution in [3.8, 4) is 0 Å². The van der Waals surface area contributed by atoms with E-state index in [4.69, 9.17) is 0 Å². The molecule has 1 fully saturated rings. The Labute approximate surface area is 95.7 Å². The third kappa shape index (κ3) is 3.03. The molecule has 0 unspecified atom stereocenters. The van der Waals surface area contributed by atoms with Crippen molar-refractivity contribution in [2.24, 2.45) is 0 Å². The van der Waals surface area contributed by atoms with E-state index >= 15 is 0 Å². The maximum Gasteiger partial charge on any atom is 0.239 e. The van der Waals surface area contributed by atoms with E-state index in [-0.39, 0.29) is 5.91 Å². The normalized spacial score (nSPS) is 16.3. The molecule has 0 aliphatic carbocycles. The van der Waals surface area contributed by atoms with Crippen LogP contribution >= 0.6 is 0 Å². The maximum atomic E-state index is 11.7. The van der Waals surface area contributed by atoms with Crippen LogP contribution in [0.4, 0.5) is 5.82 Å². The van der Waals surface area contributed by atoms with Crippen LogP contribution in [-0.2, 0) is 4.79 Å². The van der Waals surface area contributed by atoms with E-state index in [2.05, 4.69) is 15.2 Å². The van der Waals surface area contributed by atoms with Crippen LogP contribution in [0.2, 0.25) is 0 Å². The van der Waals surface area contributed by atoms with E-state index in [0.717, 1.165) is 18.7 Å². The number of nitrogens with zero attached hydrogens (tertiary/aromatic N) is 2. The Kier molecular flexibility index (Phi) is 3.51. The molecule has 1 N–H and O–H groups in total. The van der Waals surface area contributed by atoms with Crippen molar-refractivity contribution in [1.82, 2.24) is 9.88 Å². The van der Waals surface area contributed by atoms with Crippen LogP contribution in [0.15, 0.2) is 18.3 Å². The average Bonchev–Trinajstić information content (AvgIpc) is 2.74. The van der Waals surface area contributed by atoms with Crippen LogP contribution in [0.1, 0.15) is 18.4 Å². The van der Waals surface area contributed by atoms with Crippen molar-refractivity contribution in [2.45, 2.75) is 19.8 Å². The zero-order valence-electron chi connectivity index (χ0n) is 9.57. The van der Waals surface area contributed by atoms with Gasteiger partial charge in [-0.1, -0.05) is 6.07 Å². The number of aryl methyl sites for hydroxylation is 1. The minimum absolute atomic E-state index is 0.0262. The summed E-state index contributed by atoms with van der Waals surface area (Å²) in [5, 5.41) is 2.80. The fourth-order valence-corrected chi connectivity index (χ4v) is 1.87. The summed E-state index contributed by atoms with van der Waals surface area (Å²) in [4.78, 5) is 18.0. The number of nitrogens with one attached hydrogen (secondary N) is 1. The quantitative estimate of drug-likeness (QED) is 0.836. The molecule has 0 spiro atoms. The van der Waals surface area contributed by atoms with Crippen molar-refractivity contribution in [1.29, 1.82) is 0 Å². The molecule has 1 aromatic rings. The van der Waals surface area contributed by atoms with E-state index in [1.54, 1.807) is 6.20 Å². The highest BCUT2D eigenvalue weighted by Gasteiger charge is 2.15. The van der Waals surface area contributed by atoms with Gasteiger partial charge in [-0.05, 0) is 44.5 Å². The molecule has 4 nitrogen and oxygen atoms in total. The molecule has 1 aliphatic rings. The van der Waals surface area contributed by atoms with Gasteiger partial charge in [0.25, 0.3) is 0 Å². The Morgan fingerprint density at radius 2 is 2.19 bits per heavy atom. The van der Waals surface area contributed by atoms with Gasteiger partial charge in [0.1, 0.15) is 5.82 Å². The average molecular weight is 219 g/mol.